The predicted octanol–water partition coefficient (Wildman–Crippen LogP) is 2.13. The van der Waals surface area contributed by atoms with Crippen molar-refractivity contribution in [3.8, 4) is 5.75 Å². The monoisotopic (exact) mass is 250 g/mol. The van der Waals surface area contributed by atoms with E-state index in [2.05, 4.69) is 5.10 Å². The first-order chi connectivity index (χ1) is 8.67. The third-order valence-electron chi connectivity index (χ3n) is 2.79. The van der Waals surface area contributed by atoms with E-state index in [0.717, 1.165) is 0 Å². The van der Waals surface area contributed by atoms with E-state index in [1.807, 2.05) is 6.92 Å². The Morgan fingerprint density at radius 1 is 1.50 bits per heavy atom. The molecule has 1 atom stereocenters. The number of hydrogen-bond acceptors (Lipinski definition) is 3. The first-order valence-electron chi connectivity index (χ1n) is 5.70. The number of aromatic nitrogens is 2. The molecular weight excluding hydrogens is 235 g/mol. The first kappa shape index (κ1) is 12.6. The second kappa shape index (κ2) is 5.18. The molecule has 18 heavy (non-hydrogen) atoms. The van der Waals surface area contributed by atoms with Gasteiger partial charge in [0.05, 0.1) is 13.3 Å². The van der Waals surface area contributed by atoms with Gasteiger partial charge < -0.3 is 9.84 Å². The van der Waals surface area contributed by atoms with Gasteiger partial charge >= 0.3 is 0 Å². The van der Waals surface area contributed by atoms with Crippen LogP contribution in [-0.2, 0) is 6.54 Å². The average molecular weight is 250 g/mol. The Balaban J connectivity index is 2.44. The van der Waals surface area contributed by atoms with E-state index in [1.54, 1.807) is 23.0 Å². The van der Waals surface area contributed by atoms with Crippen molar-refractivity contribution in [2.45, 2.75) is 19.6 Å². The van der Waals surface area contributed by atoms with Crippen LogP contribution in [-0.4, -0.2) is 22.0 Å². The average Bonchev–Trinajstić information content (AvgIpc) is 2.80. The van der Waals surface area contributed by atoms with Gasteiger partial charge in [-0.1, -0.05) is 12.1 Å². The largest absolute Gasteiger partial charge is 0.493 e. The van der Waals surface area contributed by atoms with Crippen molar-refractivity contribution in [3.05, 3.63) is 47.5 Å². The normalized spacial score (nSPS) is 12.4. The maximum absolute atomic E-state index is 13.2. The van der Waals surface area contributed by atoms with Crippen LogP contribution in [0.5, 0.6) is 5.75 Å². The summed E-state index contributed by atoms with van der Waals surface area (Å²) in [5.41, 5.74) is 1.01. The van der Waals surface area contributed by atoms with Crippen LogP contribution in [0.15, 0.2) is 30.5 Å². The topological polar surface area (TPSA) is 47.3 Å². The molecule has 1 heterocycles. The van der Waals surface area contributed by atoms with Crippen molar-refractivity contribution in [2.75, 3.05) is 7.11 Å². The van der Waals surface area contributed by atoms with Gasteiger partial charge in [0.15, 0.2) is 5.75 Å². The number of aliphatic hydroxyl groups is 1. The van der Waals surface area contributed by atoms with Crippen molar-refractivity contribution in [2.24, 2.45) is 0 Å². The number of nitrogens with zero attached hydrogens (tertiary/aromatic N) is 2. The highest BCUT2D eigenvalue weighted by atomic mass is 19.1. The molecule has 0 spiro atoms. The molecule has 0 aliphatic heterocycles. The van der Waals surface area contributed by atoms with Gasteiger partial charge in [-0.3, -0.25) is 4.68 Å². The molecule has 1 aromatic carbocycles. The van der Waals surface area contributed by atoms with Gasteiger partial charge in [-0.25, -0.2) is 4.39 Å². The standard InChI is InChI=1S/C13H15FN2O2/c1-3-16-12(11(18-2)8-15-16)13(17)9-5-4-6-10(14)7-9/h4-8,13,17H,3H2,1-2H3. The third-order valence-corrected chi connectivity index (χ3v) is 2.79. The van der Waals surface area contributed by atoms with Crippen molar-refractivity contribution in [1.29, 1.82) is 0 Å². The second-order valence-corrected chi connectivity index (χ2v) is 3.87. The maximum Gasteiger partial charge on any atom is 0.163 e. The van der Waals surface area contributed by atoms with E-state index in [0.29, 0.717) is 23.6 Å². The van der Waals surface area contributed by atoms with E-state index in [-0.39, 0.29) is 5.82 Å². The molecule has 96 valence electrons. The molecule has 2 rings (SSSR count). The summed E-state index contributed by atoms with van der Waals surface area (Å²) >= 11 is 0. The summed E-state index contributed by atoms with van der Waals surface area (Å²) < 4.78 is 20.0. The molecule has 2 aromatic rings. The van der Waals surface area contributed by atoms with Gasteiger partial charge in [-0.15, -0.1) is 0 Å². The highest BCUT2D eigenvalue weighted by molar-refractivity contribution is 5.34. The zero-order chi connectivity index (χ0) is 13.1. The van der Waals surface area contributed by atoms with Crippen LogP contribution in [0, 0.1) is 5.82 Å². The molecule has 1 N–H and O–H groups in total. The van der Waals surface area contributed by atoms with Crippen molar-refractivity contribution in [3.63, 3.8) is 0 Å². The lowest BCUT2D eigenvalue weighted by atomic mass is 10.1. The van der Waals surface area contributed by atoms with E-state index in [9.17, 15) is 9.50 Å². The lowest BCUT2D eigenvalue weighted by Crippen LogP contribution is -2.10. The first-order valence-corrected chi connectivity index (χ1v) is 5.70. The molecule has 1 aromatic heterocycles. The summed E-state index contributed by atoms with van der Waals surface area (Å²) in [6, 6.07) is 5.87. The van der Waals surface area contributed by atoms with E-state index in [1.165, 1.54) is 19.2 Å². The van der Waals surface area contributed by atoms with Gasteiger partial charge in [0.1, 0.15) is 17.6 Å². The Kier molecular flexibility index (Phi) is 3.62. The number of benzene rings is 1. The minimum absolute atomic E-state index is 0.381. The number of aliphatic hydroxyl groups excluding tert-OH is 1. The Hall–Kier alpha value is -1.88. The van der Waals surface area contributed by atoms with Gasteiger partial charge in [0.2, 0.25) is 0 Å². The number of methoxy groups -OCH3 is 1. The summed E-state index contributed by atoms with van der Waals surface area (Å²) in [5.74, 6) is 0.113. The molecule has 0 saturated carbocycles. The number of ether oxygens (including phenoxy) is 1. The molecule has 0 bridgehead atoms. The Morgan fingerprint density at radius 3 is 2.89 bits per heavy atom. The molecular formula is C13H15FN2O2. The molecule has 0 fully saturated rings. The summed E-state index contributed by atoms with van der Waals surface area (Å²) in [5, 5.41) is 14.4. The number of aryl methyl sites for hydroxylation is 1. The summed E-state index contributed by atoms with van der Waals surface area (Å²) in [6.45, 7) is 2.51. The van der Waals surface area contributed by atoms with Crippen molar-refractivity contribution in [1.82, 2.24) is 9.78 Å². The number of hydrogen-bond donors (Lipinski definition) is 1. The van der Waals surface area contributed by atoms with Gasteiger partial charge in [-0.2, -0.15) is 5.10 Å². The highest BCUT2D eigenvalue weighted by Gasteiger charge is 2.21. The van der Waals surface area contributed by atoms with Crippen LogP contribution in [0.2, 0.25) is 0 Å². The van der Waals surface area contributed by atoms with Crippen LogP contribution < -0.4 is 4.74 Å². The number of halogens is 1. The fourth-order valence-corrected chi connectivity index (χ4v) is 1.90. The Bertz CT molecular complexity index is 518. The van der Waals surface area contributed by atoms with Crippen LogP contribution in [0.1, 0.15) is 24.3 Å². The molecule has 4 nitrogen and oxygen atoms in total. The molecule has 0 amide bonds. The van der Waals surface area contributed by atoms with Crippen LogP contribution in [0.4, 0.5) is 4.39 Å². The van der Waals surface area contributed by atoms with E-state index < -0.39 is 6.10 Å². The van der Waals surface area contributed by atoms with Gasteiger partial charge in [-0.05, 0) is 24.6 Å². The summed E-state index contributed by atoms with van der Waals surface area (Å²) in [6.07, 6.45) is 0.583. The third kappa shape index (κ3) is 2.22. The number of rotatable bonds is 4. The zero-order valence-corrected chi connectivity index (χ0v) is 10.3. The lowest BCUT2D eigenvalue weighted by molar-refractivity contribution is 0.202. The molecule has 0 radical (unpaired) electrons. The molecule has 1 unspecified atom stereocenters. The SMILES string of the molecule is CCn1ncc(OC)c1C(O)c1cccc(F)c1. The van der Waals surface area contributed by atoms with Gasteiger partial charge in [0.25, 0.3) is 0 Å². The van der Waals surface area contributed by atoms with E-state index in [4.69, 9.17) is 4.74 Å². The minimum Gasteiger partial charge on any atom is -0.493 e. The molecule has 0 aliphatic carbocycles. The quantitative estimate of drug-likeness (QED) is 0.904. The van der Waals surface area contributed by atoms with Crippen LogP contribution in [0.3, 0.4) is 0 Å². The van der Waals surface area contributed by atoms with Crippen LogP contribution in [0.25, 0.3) is 0 Å². The van der Waals surface area contributed by atoms with Gasteiger partial charge in [0, 0.05) is 6.54 Å². The predicted molar refractivity (Wildman–Crippen MR) is 64.9 cm³/mol. The zero-order valence-electron chi connectivity index (χ0n) is 10.3. The summed E-state index contributed by atoms with van der Waals surface area (Å²) in [4.78, 5) is 0. The van der Waals surface area contributed by atoms with Crippen molar-refractivity contribution >= 4 is 0 Å². The fourth-order valence-electron chi connectivity index (χ4n) is 1.90. The van der Waals surface area contributed by atoms with Crippen LogP contribution >= 0.6 is 0 Å². The maximum atomic E-state index is 13.2. The second-order valence-electron chi connectivity index (χ2n) is 3.87. The minimum atomic E-state index is -0.960. The lowest BCUT2D eigenvalue weighted by Gasteiger charge is -2.14. The molecule has 5 heteroatoms. The Morgan fingerprint density at radius 2 is 2.28 bits per heavy atom. The molecule has 0 saturated heterocycles. The van der Waals surface area contributed by atoms with E-state index >= 15 is 0 Å². The highest BCUT2D eigenvalue weighted by Crippen LogP contribution is 2.29. The van der Waals surface area contributed by atoms with Crippen molar-refractivity contribution < 1.29 is 14.2 Å². The Labute approximate surface area is 105 Å². The molecule has 0 aliphatic rings. The summed E-state index contributed by atoms with van der Waals surface area (Å²) in [7, 11) is 1.51. The smallest absolute Gasteiger partial charge is 0.163 e. The fraction of sp³-hybridized carbons (Fsp3) is 0.308.